The Hall–Kier alpha value is -2.05. The molecular formula is C8H5F3N4. The van der Waals surface area contributed by atoms with Crippen LogP contribution in [0.4, 0.5) is 19.0 Å². The lowest BCUT2D eigenvalue weighted by Gasteiger charge is -2.01. The Morgan fingerprint density at radius 2 is 1.73 bits per heavy atom. The maximum Gasteiger partial charge on any atom is 0.194 e. The molecule has 0 atom stereocenters. The monoisotopic (exact) mass is 214 g/mol. The van der Waals surface area contributed by atoms with E-state index in [9.17, 15) is 13.2 Å². The van der Waals surface area contributed by atoms with Crippen molar-refractivity contribution in [1.29, 1.82) is 0 Å². The minimum atomic E-state index is -1.52. The number of anilines is 1. The van der Waals surface area contributed by atoms with E-state index in [4.69, 9.17) is 5.73 Å². The number of halogens is 3. The zero-order valence-electron chi connectivity index (χ0n) is 7.28. The second-order valence-electron chi connectivity index (χ2n) is 2.81. The highest BCUT2D eigenvalue weighted by Crippen LogP contribution is 2.16. The molecule has 4 nitrogen and oxygen atoms in total. The molecule has 0 fully saturated rings. The van der Waals surface area contributed by atoms with Crippen LogP contribution in [0.25, 0.3) is 5.69 Å². The van der Waals surface area contributed by atoms with Crippen molar-refractivity contribution in [1.82, 2.24) is 15.0 Å². The first-order valence-electron chi connectivity index (χ1n) is 3.90. The highest BCUT2D eigenvalue weighted by molar-refractivity contribution is 5.35. The summed E-state index contributed by atoms with van der Waals surface area (Å²) in [5.74, 6) is -4.01. The Labute approximate surface area is 82.1 Å². The van der Waals surface area contributed by atoms with Gasteiger partial charge in [0.1, 0.15) is 0 Å². The van der Waals surface area contributed by atoms with Gasteiger partial charge >= 0.3 is 0 Å². The molecular weight excluding hydrogens is 209 g/mol. The predicted molar refractivity (Wildman–Crippen MR) is 45.6 cm³/mol. The van der Waals surface area contributed by atoms with Gasteiger partial charge in [0.05, 0.1) is 11.9 Å². The smallest absolute Gasteiger partial charge is 0.194 e. The highest BCUT2D eigenvalue weighted by Gasteiger charge is 2.12. The third-order valence-corrected chi connectivity index (χ3v) is 1.74. The number of nitrogen functional groups attached to an aromatic ring is 1. The molecule has 1 aromatic carbocycles. The number of benzene rings is 1. The summed E-state index contributed by atoms with van der Waals surface area (Å²) in [6.07, 6.45) is 1.26. The Morgan fingerprint density at radius 1 is 1.13 bits per heavy atom. The minimum absolute atomic E-state index is 0.00981. The molecule has 0 aliphatic rings. The Bertz CT molecular complexity index is 485. The van der Waals surface area contributed by atoms with Gasteiger partial charge in [-0.2, -0.15) is 0 Å². The van der Waals surface area contributed by atoms with E-state index >= 15 is 0 Å². The van der Waals surface area contributed by atoms with Crippen LogP contribution in [0.15, 0.2) is 18.3 Å². The number of rotatable bonds is 1. The number of nitrogens with zero attached hydrogens (tertiary/aromatic N) is 3. The molecule has 0 saturated carbocycles. The zero-order valence-corrected chi connectivity index (χ0v) is 7.28. The first kappa shape index (κ1) is 9.50. The van der Waals surface area contributed by atoms with E-state index in [0.29, 0.717) is 0 Å². The first-order valence-corrected chi connectivity index (χ1v) is 3.90. The molecule has 1 heterocycles. The van der Waals surface area contributed by atoms with Crippen molar-refractivity contribution < 1.29 is 13.2 Å². The summed E-state index contributed by atoms with van der Waals surface area (Å²) in [5.41, 5.74) is 5.28. The third-order valence-electron chi connectivity index (χ3n) is 1.74. The summed E-state index contributed by atoms with van der Waals surface area (Å²) in [6.45, 7) is 0. The summed E-state index contributed by atoms with van der Waals surface area (Å²) >= 11 is 0. The SMILES string of the molecule is Nc1cn(-c2cc(F)c(F)c(F)c2)nn1. The van der Waals surface area contributed by atoms with E-state index in [1.807, 2.05) is 0 Å². The molecule has 2 N–H and O–H groups in total. The summed E-state index contributed by atoms with van der Waals surface area (Å²) in [5, 5.41) is 6.91. The number of nitrogens with two attached hydrogens (primary N) is 1. The van der Waals surface area contributed by atoms with E-state index in [1.54, 1.807) is 0 Å². The van der Waals surface area contributed by atoms with Crippen molar-refractivity contribution in [3.63, 3.8) is 0 Å². The Morgan fingerprint density at radius 3 is 2.20 bits per heavy atom. The lowest BCUT2D eigenvalue weighted by molar-refractivity contribution is 0.446. The van der Waals surface area contributed by atoms with Gasteiger partial charge in [0, 0.05) is 12.1 Å². The van der Waals surface area contributed by atoms with Crippen LogP contribution >= 0.6 is 0 Å². The lowest BCUT2D eigenvalue weighted by Crippen LogP contribution is -1.99. The fraction of sp³-hybridized carbons (Fsp3) is 0. The highest BCUT2D eigenvalue weighted by atomic mass is 19.2. The maximum atomic E-state index is 12.8. The van der Waals surface area contributed by atoms with Crippen LogP contribution in [-0.2, 0) is 0 Å². The van der Waals surface area contributed by atoms with Crippen molar-refractivity contribution in [2.75, 3.05) is 5.73 Å². The Kier molecular flexibility index (Phi) is 2.07. The molecule has 0 bridgehead atoms. The predicted octanol–water partition coefficient (Wildman–Crippen LogP) is 1.27. The number of hydrogen-bond donors (Lipinski definition) is 1. The minimum Gasteiger partial charge on any atom is -0.381 e. The largest absolute Gasteiger partial charge is 0.381 e. The van der Waals surface area contributed by atoms with Crippen molar-refractivity contribution >= 4 is 5.82 Å². The lowest BCUT2D eigenvalue weighted by atomic mass is 10.3. The molecule has 78 valence electrons. The fourth-order valence-corrected chi connectivity index (χ4v) is 1.08. The second-order valence-corrected chi connectivity index (χ2v) is 2.81. The molecule has 2 aromatic rings. The summed E-state index contributed by atoms with van der Waals surface area (Å²) in [4.78, 5) is 0. The molecule has 7 heteroatoms. The normalized spacial score (nSPS) is 10.6. The zero-order chi connectivity index (χ0) is 11.0. The van der Waals surface area contributed by atoms with Crippen molar-refractivity contribution in [3.05, 3.63) is 35.8 Å². The quantitative estimate of drug-likeness (QED) is 0.727. The van der Waals surface area contributed by atoms with Crippen LogP contribution in [0.2, 0.25) is 0 Å². The van der Waals surface area contributed by atoms with Crippen LogP contribution in [-0.4, -0.2) is 15.0 Å². The summed E-state index contributed by atoms with van der Waals surface area (Å²) in [6, 6.07) is 1.60. The molecule has 0 saturated heterocycles. The van der Waals surface area contributed by atoms with Crippen LogP contribution in [0, 0.1) is 17.5 Å². The molecule has 1 aromatic heterocycles. The van der Waals surface area contributed by atoms with Gasteiger partial charge in [-0.25, -0.2) is 17.9 Å². The van der Waals surface area contributed by atoms with Gasteiger partial charge in [0.25, 0.3) is 0 Å². The molecule has 15 heavy (non-hydrogen) atoms. The average Bonchev–Trinajstić information content (AvgIpc) is 2.60. The maximum absolute atomic E-state index is 12.8. The molecule has 0 spiro atoms. The molecule has 2 rings (SSSR count). The van der Waals surface area contributed by atoms with Crippen molar-refractivity contribution in [3.8, 4) is 5.69 Å². The van der Waals surface area contributed by atoms with Crippen molar-refractivity contribution in [2.45, 2.75) is 0 Å². The molecule has 0 unspecified atom stereocenters. The van der Waals surface area contributed by atoms with Crippen LogP contribution in [0.1, 0.15) is 0 Å². The van der Waals surface area contributed by atoms with Gasteiger partial charge in [-0.15, -0.1) is 5.10 Å². The molecule has 0 amide bonds. The van der Waals surface area contributed by atoms with Gasteiger partial charge in [-0.3, -0.25) is 0 Å². The van der Waals surface area contributed by atoms with Gasteiger partial charge in [0.15, 0.2) is 23.3 Å². The van der Waals surface area contributed by atoms with E-state index < -0.39 is 17.5 Å². The topological polar surface area (TPSA) is 56.7 Å². The second kappa shape index (κ2) is 3.26. The van der Waals surface area contributed by atoms with Gasteiger partial charge in [0.2, 0.25) is 0 Å². The summed E-state index contributed by atoms with van der Waals surface area (Å²) < 4.78 is 39.3. The molecule has 0 radical (unpaired) electrons. The van der Waals surface area contributed by atoms with Gasteiger partial charge in [-0.05, 0) is 0 Å². The Balaban J connectivity index is 2.55. The van der Waals surface area contributed by atoms with Crippen LogP contribution < -0.4 is 5.73 Å². The molecule has 0 aliphatic heterocycles. The third kappa shape index (κ3) is 1.63. The number of hydrogen-bond acceptors (Lipinski definition) is 3. The van der Waals surface area contributed by atoms with Gasteiger partial charge < -0.3 is 5.73 Å². The fourth-order valence-electron chi connectivity index (χ4n) is 1.08. The summed E-state index contributed by atoms with van der Waals surface area (Å²) in [7, 11) is 0. The van der Waals surface area contributed by atoms with Gasteiger partial charge in [-0.1, -0.05) is 5.21 Å². The molecule has 0 aliphatic carbocycles. The van der Waals surface area contributed by atoms with Crippen LogP contribution in [0.5, 0.6) is 0 Å². The van der Waals surface area contributed by atoms with Crippen LogP contribution in [0.3, 0.4) is 0 Å². The average molecular weight is 214 g/mol. The van der Waals surface area contributed by atoms with E-state index in [0.717, 1.165) is 16.8 Å². The van der Waals surface area contributed by atoms with E-state index in [2.05, 4.69) is 10.3 Å². The number of aromatic nitrogens is 3. The first-order chi connectivity index (χ1) is 7.08. The van der Waals surface area contributed by atoms with Crippen molar-refractivity contribution in [2.24, 2.45) is 0 Å². The van der Waals surface area contributed by atoms with E-state index in [-0.39, 0.29) is 11.5 Å². The van der Waals surface area contributed by atoms with E-state index in [1.165, 1.54) is 6.20 Å². The standard InChI is InChI=1S/C8H5F3N4/c9-5-1-4(2-6(10)8(5)11)15-3-7(12)13-14-15/h1-3H,12H2.